The van der Waals surface area contributed by atoms with E-state index in [1.807, 2.05) is 12.2 Å². The average molecular weight is 240 g/mol. The summed E-state index contributed by atoms with van der Waals surface area (Å²) in [4.78, 5) is 10.3. The molecule has 0 saturated carbocycles. The highest BCUT2D eigenvalue weighted by molar-refractivity contribution is 6.30. The van der Waals surface area contributed by atoms with E-state index in [0.29, 0.717) is 5.02 Å². The Morgan fingerprint density at radius 3 is 2.69 bits per heavy atom. The van der Waals surface area contributed by atoms with E-state index in [4.69, 9.17) is 16.3 Å². The molecule has 0 heterocycles. The van der Waals surface area contributed by atoms with E-state index < -0.39 is 4.92 Å². The Hall–Kier alpha value is -1.55. The maximum atomic E-state index is 10.8. The number of hydrogen-bond acceptors (Lipinski definition) is 3. The smallest absolute Gasteiger partial charge is 0.312 e. The summed E-state index contributed by atoms with van der Waals surface area (Å²) in [6.45, 7) is 0. The van der Waals surface area contributed by atoms with Gasteiger partial charge in [0.25, 0.3) is 0 Å². The number of ether oxygens (including phenoxy) is 1. The van der Waals surface area contributed by atoms with Gasteiger partial charge in [0.05, 0.1) is 4.92 Å². The highest BCUT2D eigenvalue weighted by Crippen LogP contribution is 2.32. The number of benzene rings is 1. The maximum Gasteiger partial charge on any atom is 0.312 e. The fourth-order valence-corrected chi connectivity index (χ4v) is 1.77. The molecule has 0 bridgehead atoms. The summed E-state index contributed by atoms with van der Waals surface area (Å²) >= 11 is 5.71. The summed E-state index contributed by atoms with van der Waals surface area (Å²) < 4.78 is 5.56. The normalized spacial score (nSPS) is 15.3. The van der Waals surface area contributed by atoms with Crippen LogP contribution in [0.3, 0.4) is 0 Å². The molecule has 5 heteroatoms. The fourth-order valence-electron chi connectivity index (χ4n) is 1.60. The average Bonchev–Trinajstić information content (AvgIpc) is 2.73. The Balaban J connectivity index is 2.22. The van der Waals surface area contributed by atoms with Crippen LogP contribution in [-0.4, -0.2) is 11.0 Å². The molecule has 16 heavy (non-hydrogen) atoms. The van der Waals surface area contributed by atoms with Crippen LogP contribution in [-0.2, 0) is 0 Å². The molecule has 1 aromatic carbocycles. The quantitative estimate of drug-likeness (QED) is 0.462. The van der Waals surface area contributed by atoms with Crippen molar-refractivity contribution in [2.24, 2.45) is 0 Å². The highest BCUT2D eigenvalue weighted by atomic mass is 35.5. The number of nitro groups is 1. The first-order chi connectivity index (χ1) is 7.66. The second-order valence-corrected chi connectivity index (χ2v) is 3.99. The predicted molar refractivity (Wildman–Crippen MR) is 60.9 cm³/mol. The van der Waals surface area contributed by atoms with Gasteiger partial charge >= 0.3 is 5.69 Å². The van der Waals surface area contributed by atoms with Gasteiger partial charge in [0, 0.05) is 23.9 Å². The van der Waals surface area contributed by atoms with Crippen molar-refractivity contribution in [3.8, 4) is 5.75 Å². The van der Waals surface area contributed by atoms with Crippen LogP contribution in [0.15, 0.2) is 30.4 Å². The molecule has 2 rings (SSSR count). The summed E-state index contributed by atoms with van der Waals surface area (Å²) in [6, 6.07) is 4.43. The van der Waals surface area contributed by atoms with Crippen LogP contribution in [0, 0.1) is 10.1 Å². The van der Waals surface area contributed by atoms with Crippen LogP contribution in [0.25, 0.3) is 0 Å². The van der Waals surface area contributed by atoms with Crippen LogP contribution in [0.1, 0.15) is 12.8 Å². The molecule has 0 spiro atoms. The van der Waals surface area contributed by atoms with Crippen molar-refractivity contribution >= 4 is 17.3 Å². The monoisotopic (exact) mass is 239 g/mol. The lowest BCUT2D eigenvalue weighted by molar-refractivity contribution is -0.386. The molecule has 0 radical (unpaired) electrons. The largest absolute Gasteiger partial charge is 0.483 e. The third-order valence-electron chi connectivity index (χ3n) is 2.38. The van der Waals surface area contributed by atoms with Crippen LogP contribution in [0.5, 0.6) is 5.75 Å². The predicted octanol–water partition coefficient (Wildman–Crippen LogP) is 3.35. The van der Waals surface area contributed by atoms with Gasteiger partial charge in [0.15, 0.2) is 5.75 Å². The topological polar surface area (TPSA) is 52.4 Å². The standard InChI is InChI=1S/C11H10ClNO3/c12-8-5-6-11(10(7-8)13(14)15)16-9-3-1-2-4-9/h1-2,5-7,9H,3-4H2. The van der Waals surface area contributed by atoms with Crippen molar-refractivity contribution in [2.45, 2.75) is 18.9 Å². The summed E-state index contributed by atoms with van der Waals surface area (Å²) in [6.07, 6.45) is 5.60. The number of halogens is 1. The summed E-state index contributed by atoms with van der Waals surface area (Å²) in [5, 5.41) is 11.1. The van der Waals surface area contributed by atoms with Crippen LogP contribution in [0.4, 0.5) is 5.69 Å². The van der Waals surface area contributed by atoms with Crippen molar-refractivity contribution in [3.63, 3.8) is 0 Å². The molecular weight excluding hydrogens is 230 g/mol. The Bertz CT molecular complexity index is 437. The lowest BCUT2D eigenvalue weighted by Gasteiger charge is -2.12. The Morgan fingerprint density at radius 2 is 2.06 bits per heavy atom. The molecule has 0 aliphatic heterocycles. The molecule has 4 nitrogen and oxygen atoms in total. The first-order valence-corrected chi connectivity index (χ1v) is 5.30. The summed E-state index contributed by atoms with van der Waals surface area (Å²) in [7, 11) is 0. The molecule has 0 fully saturated rings. The lowest BCUT2D eigenvalue weighted by atomic mass is 10.2. The minimum atomic E-state index is -0.483. The lowest BCUT2D eigenvalue weighted by Crippen LogP contribution is -2.12. The zero-order valence-electron chi connectivity index (χ0n) is 8.43. The minimum Gasteiger partial charge on any atom is -0.483 e. The SMILES string of the molecule is O=[N+]([O-])c1cc(Cl)ccc1OC1CC=CC1. The molecule has 1 aliphatic carbocycles. The first kappa shape index (κ1) is 11.0. The van der Waals surface area contributed by atoms with Gasteiger partial charge in [-0.15, -0.1) is 0 Å². The maximum absolute atomic E-state index is 10.8. The van der Waals surface area contributed by atoms with Crippen LogP contribution >= 0.6 is 11.6 Å². The zero-order valence-corrected chi connectivity index (χ0v) is 9.18. The summed E-state index contributed by atoms with van der Waals surface area (Å²) in [5.74, 6) is 0.281. The first-order valence-electron chi connectivity index (χ1n) is 4.92. The van der Waals surface area contributed by atoms with Gasteiger partial charge in [0.1, 0.15) is 6.10 Å². The fraction of sp³-hybridized carbons (Fsp3) is 0.273. The van der Waals surface area contributed by atoms with Crippen LogP contribution < -0.4 is 4.74 Å². The zero-order chi connectivity index (χ0) is 11.5. The van der Waals surface area contributed by atoms with Gasteiger partial charge in [-0.3, -0.25) is 10.1 Å². The van der Waals surface area contributed by atoms with Crippen molar-refractivity contribution in [1.29, 1.82) is 0 Å². The van der Waals surface area contributed by atoms with Gasteiger partial charge < -0.3 is 4.74 Å². The molecule has 0 atom stereocenters. The number of nitro benzene ring substituents is 1. The van der Waals surface area contributed by atoms with E-state index in [1.165, 1.54) is 6.07 Å². The van der Waals surface area contributed by atoms with Crippen molar-refractivity contribution < 1.29 is 9.66 Å². The van der Waals surface area contributed by atoms with Gasteiger partial charge in [-0.25, -0.2) is 0 Å². The van der Waals surface area contributed by atoms with Gasteiger partial charge in [0.2, 0.25) is 0 Å². The third kappa shape index (κ3) is 2.33. The van der Waals surface area contributed by atoms with Crippen molar-refractivity contribution in [3.05, 3.63) is 45.5 Å². The number of rotatable bonds is 3. The molecular formula is C11H10ClNO3. The minimum absolute atomic E-state index is 0.000115. The molecule has 0 amide bonds. The molecule has 1 aliphatic rings. The molecule has 1 aromatic rings. The molecule has 0 unspecified atom stereocenters. The van der Waals surface area contributed by atoms with E-state index >= 15 is 0 Å². The molecule has 0 N–H and O–H groups in total. The second-order valence-electron chi connectivity index (χ2n) is 3.55. The Labute approximate surface area is 97.6 Å². The molecule has 0 saturated heterocycles. The third-order valence-corrected chi connectivity index (χ3v) is 2.61. The van der Waals surface area contributed by atoms with E-state index in [-0.39, 0.29) is 17.5 Å². The van der Waals surface area contributed by atoms with E-state index in [1.54, 1.807) is 12.1 Å². The Kier molecular flexibility index (Phi) is 3.10. The van der Waals surface area contributed by atoms with Gasteiger partial charge in [-0.2, -0.15) is 0 Å². The van der Waals surface area contributed by atoms with Crippen molar-refractivity contribution in [1.82, 2.24) is 0 Å². The van der Waals surface area contributed by atoms with E-state index in [9.17, 15) is 10.1 Å². The number of nitrogens with zero attached hydrogens (tertiary/aromatic N) is 1. The van der Waals surface area contributed by atoms with Crippen LogP contribution in [0.2, 0.25) is 5.02 Å². The van der Waals surface area contributed by atoms with E-state index in [0.717, 1.165) is 12.8 Å². The van der Waals surface area contributed by atoms with Crippen molar-refractivity contribution in [2.75, 3.05) is 0 Å². The van der Waals surface area contributed by atoms with Gasteiger partial charge in [-0.1, -0.05) is 23.8 Å². The highest BCUT2D eigenvalue weighted by Gasteiger charge is 2.20. The molecule has 0 aromatic heterocycles. The van der Waals surface area contributed by atoms with E-state index in [2.05, 4.69) is 0 Å². The number of hydrogen-bond donors (Lipinski definition) is 0. The van der Waals surface area contributed by atoms with Gasteiger partial charge in [-0.05, 0) is 12.1 Å². The summed E-state index contributed by atoms with van der Waals surface area (Å²) in [5.41, 5.74) is -0.0839. The molecule has 84 valence electrons. The Morgan fingerprint density at radius 1 is 1.38 bits per heavy atom. The second kappa shape index (κ2) is 4.53.